The maximum Gasteiger partial charge on any atom is 0.101 e. The van der Waals surface area contributed by atoms with Gasteiger partial charge in [0.15, 0.2) is 0 Å². The summed E-state index contributed by atoms with van der Waals surface area (Å²) in [5.74, 6) is 0. The van der Waals surface area contributed by atoms with E-state index in [-0.39, 0.29) is 0 Å². The predicted octanol–water partition coefficient (Wildman–Crippen LogP) is 1.08. The number of hydrogen-bond donors (Lipinski definition) is 0. The van der Waals surface area contributed by atoms with Crippen LogP contribution < -0.4 is 0 Å². The molecule has 1 aromatic heterocycles. The SMILES string of the molecule is C=N/C=C(\C=NC)n1cccn1. The lowest BCUT2D eigenvalue weighted by atomic mass is 10.5. The summed E-state index contributed by atoms with van der Waals surface area (Å²) < 4.78 is 1.67. The van der Waals surface area contributed by atoms with E-state index in [0.29, 0.717) is 0 Å². The maximum atomic E-state index is 4.02. The Balaban J connectivity index is 2.95. The highest BCUT2D eigenvalue weighted by Gasteiger charge is 1.93. The van der Waals surface area contributed by atoms with Crippen molar-refractivity contribution in [3.8, 4) is 0 Å². The third-order valence-electron chi connectivity index (χ3n) is 1.25. The van der Waals surface area contributed by atoms with Crippen molar-refractivity contribution in [1.29, 1.82) is 0 Å². The zero-order chi connectivity index (χ0) is 8.81. The van der Waals surface area contributed by atoms with E-state index in [2.05, 4.69) is 21.8 Å². The van der Waals surface area contributed by atoms with Crippen molar-refractivity contribution < 1.29 is 0 Å². The van der Waals surface area contributed by atoms with Gasteiger partial charge < -0.3 is 0 Å². The molecule has 4 heteroatoms. The number of allylic oxidation sites excluding steroid dienone is 1. The molecule has 0 amide bonds. The van der Waals surface area contributed by atoms with E-state index < -0.39 is 0 Å². The smallest absolute Gasteiger partial charge is 0.101 e. The Morgan fingerprint density at radius 2 is 2.50 bits per heavy atom. The number of aromatic nitrogens is 2. The number of rotatable bonds is 3. The molecule has 0 N–H and O–H groups in total. The van der Waals surface area contributed by atoms with E-state index in [1.807, 2.05) is 12.3 Å². The van der Waals surface area contributed by atoms with Crippen LogP contribution in [0.3, 0.4) is 0 Å². The van der Waals surface area contributed by atoms with Crippen LogP contribution in [-0.4, -0.2) is 29.8 Å². The van der Waals surface area contributed by atoms with Crippen LogP contribution in [0.25, 0.3) is 5.70 Å². The van der Waals surface area contributed by atoms with Crippen LogP contribution in [0.5, 0.6) is 0 Å². The standard InChI is InChI=1S/C8H10N4/c1-9-6-8(7-10-2)12-5-3-4-11-12/h3-7H,1H2,2H3/b8-6+,10-7?. The van der Waals surface area contributed by atoms with Gasteiger partial charge in [-0.25, -0.2) is 4.68 Å². The molecule has 0 atom stereocenters. The summed E-state index contributed by atoms with van der Waals surface area (Å²) in [4.78, 5) is 7.52. The molecule has 0 unspecified atom stereocenters. The van der Waals surface area contributed by atoms with E-state index in [4.69, 9.17) is 0 Å². The minimum absolute atomic E-state index is 0.789. The Kier molecular flexibility index (Phi) is 2.95. The molecular formula is C8H10N4. The normalized spacial score (nSPS) is 12.2. The van der Waals surface area contributed by atoms with Crippen molar-refractivity contribution >= 4 is 18.6 Å². The largest absolute Gasteiger partial charge is 0.294 e. The van der Waals surface area contributed by atoms with Crippen molar-refractivity contribution in [2.75, 3.05) is 7.05 Å². The number of nitrogens with zero attached hydrogens (tertiary/aromatic N) is 4. The zero-order valence-corrected chi connectivity index (χ0v) is 6.88. The first-order valence-corrected chi connectivity index (χ1v) is 3.46. The molecule has 0 aliphatic heterocycles. The third kappa shape index (κ3) is 1.88. The fourth-order valence-electron chi connectivity index (χ4n) is 0.799. The van der Waals surface area contributed by atoms with Crippen LogP contribution >= 0.6 is 0 Å². The summed E-state index contributed by atoms with van der Waals surface area (Å²) in [5.41, 5.74) is 0.789. The molecular weight excluding hydrogens is 152 g/mol. The van der Waals surface area contributed by atoms with Gasteiger partial charge in [0, 0.05) is 25.7 Å². The molecule has 0 fully saturated rings. The molecule has 0 aliphatic carbocycles. The van der Waals surface area contributed by atoms with Crippen molar-refractivity contribution in [2.45, 2.75) is 0 Å². The van der Waals surface area contributed by atoms with Crippen LogP contribution in [0, 0.1) is 0 Å². The fourth-order valence-corrected chi connectivity index (χ4v) is 0.799. The molecule has 1 rings (SSSR count). The van der Waals surface area contributed by atoms with Gasteiger partial charge in [-0.1, -0.05) is 0 Å². The minimum atomic E-state index is 0.789. The van der Waals surface area contributed by atoms with Gasteiger partial charge >= 0.3 is 0 Å². The summed E-state index contributed by atoms with van der Waals surface area (Å²) in [6.45, 7) is 3.36. The molecule has 0 radical (unpaired) electrons. The molecule has 1 heterocycles. The summed E-state index contributed by atoms with van der Waals surface area (Å²) in [7, 11) is 1.69. The molecule has 0 saturated carbocycles. The lowest BCUT2D eigenvalue weighted by Crippen LogP contribution is -1.97. The lowest BCUT2D eigenvalue weighted by Gasteiger charge is -1.97. The molecule has 0 aliphatic rings. The highest BCUT2D eigenvalue weighted by atomic mass is 15.3. The van der Waals surface area contributed by atoms with Crippen LogP contribution in [0.1, 0.15) is 0 Å². The molecule has 0 aromatic carbocycles. The van der Waals surface area contributed by atoms with Gasteiger partial charge in [-0.15, -0.1) is 0 Å². The van der Waals surface area contributed by atoms with Gasteiger partial charge in [0.25, 0.3) is 0 Å². The molecule has 12 heavy (non-hydrogen) atoms. The Morgan fingerprint density at radius 1 is 1.67 bits per heavy atom. The first-order chi connectivity index (χ1) is 5.88. The van der Waals surface area contributed by atoms with Gasteiger partial charge in [-0.2, -0.15) is 5.10 Å². The van der Waals surface area contributed by atoms with Crippen molar-refractivity contribution in [2.24, 2.45) is 9.98 Å². The number of aliphatic imine (C=N–C) groups is 2. The quantitative estimate of drug-likeness (QED) is 0.613. The zero-order valence-electron chi connectivity index (χ0n) is 6.88. The molecule has 0 bridgehead atoms. The lowest BCUT2D eigenvalue weighted by molar-refractivity contribution is 0.917. The first-order valence-electron chi connectivity index (χ1n) is 3.46. The van der Waals surface area contributed by atoms with Gasteiger partial charge in [0.2, 0.25) is 0 Å². The topological polar surface area (TPSA) is 42.5 Å². The summed E-state index contributed by atoms with van der Waals surface area (Å²) in [6.07, 6.45) is 6.78. The van der Waals surface area contributed by atoms with E-state index >= 15 is 0 Å². The average molecular weight is 162 g/mol. The van der Waals surface area contributed by atoms with Gasteiger partial charge in [0.05, 0.1) is 6.20 Å². The molecule has 1 aromatic rings. The van der Waals surface area contributed by atoms with Crippen molar-refractivity contribution in [1.82, 2.24) is 9.78 Å². The predicted molar refractivity (Wildman–Crippen MR) is 50.5 cm³/mol. The molecule has 0 saturated heterocycles. The van der Waals surface area contributed by atoms with Crippen LogP contribution in [0.4, 0.5) is 0 Å². The van der Waals surface area contributed by atoms with E-state index in [1.54, 1.807) is 30.3 Å². The second kappa shape index (κ2) is 4.23. The van der Waals surface area contributed by atoms with E-state index in [9.17, 15) is 0 Å². The molecule has 62 valence electrons. The second-order valence-electron chi connectivity index (χ2n) is 2.07. The average Bonchev–Trinajstić information content (AvgIpc) is 2.56. The first kappa shape index (κ1) is 8.39. The summed E-state index contributed by atoms with van der Waals surface area (Å²) in [6, 6.07) is 1.83. The van der Waals surface area contributed by atoms with Crippen molar-refractivity contribution in [3.05, 3.63) is 24.7 Å². The maximum absolute atomic E-state index is 4.02. The fraction of sp³-hybridized carbons (Fsp3) is 0.125. The minimum Gasteiger partial charge on any atom is -0.294 e. The van der Waals surface area contributed by atoms with Crippen LogP contribution in [-0.2, 0) is 0 Å². The Labute approximate surface area is 71.0 Å². The van der Waals surface area contributed by atoms with Crippen LogP contribution in [0.2, 0.25) is 0 Å². The highest BCUT2D eigenvalue weighted by molar-refractivity contribution is 6.01. The van der Waals surface area contributed by atoms with Gasteiger partial charge in [-0.05, 0) is 12.8 Å². The number of hydrogen-bond acceptors (Lipinski definition) is 3. The van der Waals surface area contributed by atoms with E-state index in [1.165, 1.54) is 0 Å². The van der Waals surface area contributed by atoms with Crippen LogP contribution in [0.15, 0.2) is 34.6 Å². The van der Waals surface area contributed by atoms with E-state index in [0.717, 1.165) is 5.70 Å². The highest BCUT2D eigenvalue weighted by Crippen LogP contribution is 1.98. The molecule has 0 spiro atoms. The van der Waals surface area contributed by atoms with Gasteiger partial charge in [-0.3, -0.25) is 9.98 Å². The monoisotopic (exact) mass is 162 g/mol. The molecule has 4 nitrogen and oxygen atoms in total. The summed E-state index contributed by atoms with van der Waals surface area (Å²) in [5, 5.41) is 4.02. The Hall–Kier alpha value is -1.71. The Morgan fingerprint density at radius 3 is 3.00 bits per heavy atom. The van der Waals surface area contributed by atoms with Crippen molar-refractivity contribution in [3.63, 3.8) is 0 Å². The Bertz CT molecular complexity index is 295. The third-order valence-corrected chi connectivity index (χ3v) is 1.25. The summed E-state index contributed by atoms with van der Waals surface area (Å²) >= 11 is 0. The second-order valence-corrected chi connectivity index (χ2v) is 2.07. The van der Waals surface area contributed by atoms with Gasteiger partial charge in [0.1, 0.15) is 5.70 Å².